The third-order valence-electron chi connectivity index (χ3n) is 2.58. The number of hydrogen-bond donors (Lipinski definition) is 1. The third-order valence-corrected chi connectivity index (χ3v) is 2.58. The molecule has 0 aliphatic heterocycles. The zero-order valence-electron chi connectivity index (χ0n) is 10.4. The Hall–Kier alpha value is -2.68. The second-order valence-electron chi connectivity index (χ2n) is 4.06. The fraction of sp³-hybridized carbons (Fsp3) is 0.154. The molecule has 0 saturated heterocycles. The molecule has 0 atom stereocenters. The van der Waals surface area contributed by atoms with E-state index in [9.17, 15) is 9.18 Å². The van der Waals surface area contributed by atoms with Gasteiger partial charge in [0, 0.05) is 7.05 Å². The minimum Gasteiger partial charge on any atom is -0.318 e. The summed E-state index contributed by atoms with van der Waals surface area (Å²) in [4.78, 5) is 12.0. The summed E-state index contributed by atoms with van der Waals surface area (Å²) >= 11 is 0. The van der Waals surface area contributed by atoms with Crippen LogP contribution in [0.4, 0.5) is 10.1 Å². The molecule has 5 nitrogen and oxygen atoms in total. The molecule has 0 fully saturated rings. The molecule has 0 radical (unpaired) electrons. The van der Waals surface area contributed by atoms with E-state index in [1.165, 1.54) is 16.8 Å². The van der Waals surface area contributed by atoms with Crippen molar-refractivity contribution in [3.8, 4) is 6.07 Å². The van der Waals surface area contributed by atoms with E-state index in [0.29, 0.717) is 11.4 Å². The van der Waals surface area contributed by atoms with E-state index < -0.39 is 11.7 Å². The number of anilines is 1. The Morgan fingerprint density at radius 1 is 1.47 bits per heavy atom. The second-order valence-corrected chi connectivity index (χ2v) is 4.06. The van der Waals surface area contributed by atoms with Crippen LogP contribution in [0.25, 0.3) is 0 Å². The summed E-state index contributed by atoms with van der Waals surface area (Å²) in [6.45, 7) is 1.76. The van der Waals surface area contributed by atoms with Crippen LogP contribution < -0.4 is 5.32 Å². The minimum absolute atomic E-state index is 0.0304. The molecule has 19 heavy (non-hydrogen) atoms. The van der Waals surface area contributed by atoms with Crippen molar-refractivity contribution < 1.29 is 9.18 Å². The smallest absolute Gasteiger partial charge is 0.274 e. The van der Waals surface area contributed by atoms with Gasteiger partial charge in [-0.2, -0.15) is 10.4 Å². The first-order valence-electron chi connectivity index (χ1n) is 5.53. The van der Waals surface area contributed by atoms with Crippen LogP contribution in [0.5, 0.6) is 0 Å². The molecule has 0 aliphatic carbocycles. The Labute approximate surface area is 109 Å². The van der Waals surface area contributed by atoms with E-state index in [-0.39, 0.29) is 11.3 Å². The van der Waals surface area contributed by atoms with Gasteiger partial charge < -0.3 is 5.32 Å². The van der Waals surface area contributed by atoms with Crippen LogP contribution in [0.2, 0.25) is 0 Å². The zero-order chi connectivity index (χ0) is 14.0. The van der Waals surface area contributed by atoms with Crippen LogP contribution in [0, 0.1) is 24.1 Å². The molecule has 96 valence electrons. The average molecular weight is 258 g/mol. The van der Waals surface area contributed by atoms with Gasteiger partial charge >= 0.3 is 0 Å². The number of benzene rings is 1. The highest BCUT2D eigenvalue weighted by molar-refractivity contribution is 6.03. The summed E-state index contributed by atoms with van der Waals surface area (Å²) < 4.78 is 15.1. The number of hydrogen-bond acceptors (Lipinski definition) is 3. The lowest BCUT2D eigenvalue weighted by Gasteiger charge is -2.06. The van der Waals surface area contributed by atoms with Crippen LogP contribution in [-0.2, 0) is 7.05 Å². The van der Waals surface area contributed by atoms with Gasteiger partial charge in [0.05, 0.1) is 23.0 Å². The maximum absolute atomic E-state index is 13.6. The van der Waals surface area contributed by atoms with Crippen LogP contribution in [0.3, 0.4) is 0 Å². The zero-order valence-corrected chi connectivity index (χ0v) is 10.4. The van der Waals surface area contributed by atoms with E-state index in [0.717, 1.165) is 6.07 Å². The largest absolute Gasteiger partial charge is 0.318 e. The maximum Gasteiger partial charge on any atom is 0.274 e. The lowest BCUT2D eigenvalue weighted by atomic mass is 10.2. The van der Waals surface area contributed by atoms with Crippen LogP contribution in [0.1, 0.15) is 21.7 Å². The van der Waals surface area contributed by atoms with Crippen LogP contribution >= 0.6 is 0 Å². The molecule has 0 unspecified atom stereocenters. The van der Waals surface area contributed by atoms with E-state index in [1.54, 1.807) is 20.0 Å². The summed E-state index contributed by atoms with van der Waals surface area (Å²) in [6.07, 6.45) is 0. The fourth-order valence-corrected chi connectivity index (χ4v) is 1.70. The summed E-state index contributed by atoms with van der Waals surface area (Å²) in [5, 5.41) is 15.1. The predicted octanol–water partition coefficient (Wildman–Crippen LogP) is 1.99. The first-order valence-corrected chi connectivity index (χ1v) is 5.53. The van der Waals surface area contributed by atoms with E-state index in [4.69, 9.17) is 5.26 Å². The van der Waals surface area contributed by atoms with Gasteiger partial charge in [0.15, 0.2) is 0 Å². The van der Waals surface area contributed by atoms with Crippen molar-refractivity contribution in [1.82, 2.24) is 9.78 Å². The number of nitriles is 1. The molecule has 0 spiro atoms. The molecule has 1 N–H and O–H groups in total. The normalized spacial score (nSPS) is 10.0. The average Bonchev–Trinajstić information content (AvgIpc) is 2.71. The number of nitrogens with zero attached hydrogens (tertiary/aromatic N) is 3. The Balaban J connectivity index is 2.25. The van der Waals surface area contributed by atoms with Crippen molar-refractivity contribution in [3.63, 3.8) is 0 Å². The summed E-state index contributed by atoms with van der Waals surface area (Å²) in [5.74, 6) is -1.10. The number of nitrogens with one attached hydrogen (secondary N) is 1. The molecular weight excluding hydrogens is 247 g/mol. The van der Waals surface area contributed by atoms with Gasteiger partial charge in [-0.25, -0.2) is 4.39 Å². The molecule has 1 aromatic heterocycles. The van der Waals surface area contributed by atoms with Gasteiger partial charge in [0.25, 0.3) is 5.91 Å². The van der Waals surface area contributed by atoms with Crippen molar-refractivity contribution in [2.45, 2.75) is 6.92 Å². The number of carbonyl (C=O) groups is 1. The van der Waals surface area contributed by atoms with Gasteiger partial charge in [-0.15, -0.1) is 0 Å². The van der Waals surface area contributed by atoms with Crippen LogP contribution in [0.15, 0.2) is 24.3 Å². The molecule has 1 heterocycles. The van der Waals surface area contributed by atoms with Crippen molar-refractivity contribution in [2.75, 3.05) is 5.32 Å². The molecule has 6 heteroatoms. The van der Waals surface area contributed by atoms with Gasteiger partial charge in [0.2, 0.25) is 0 Å². The van der Waals surface area contributed by atoms with Gasteiger partial charge in [-0.05, 0) is 31.2 Å². The van der Waals surface area contributed by atoms with Gasteiger partial charge in [-0.1, -0.05) is 0 Å². The van der Waals surface area contributed by atoms with E-state index in [1.807, 2.05) is 6.07 Å². The molecule has 2 aromatic rings. The van der Waals surface area contributed by atoms with E-state index >= 15 is 0 Å². The monoisotopic (exact) mass is 258 g/mol. The number of carbonyl (C=O) groups excluding carboxylic acids is 1. The van der Waals surface area contributed by atoms with Crippen molar-refractivity contribution >= 4 is 11.6 Å². The number of aromatic nitrogens is 2. The van der Waals surface area contributed by atoms with Crippen molar-refractivity contribution in [1.29, 1.82) is 5.26 Å². The molecule has 1 amide bonds. The first kappa shape index (κ1) is 12.8. The molecule has 1 aromatic carbocycles. The lowest BCUT2D eigenvalue weighted by Crippen LogP contribution is -2.16. The molecular formula is C13H11FN4O. The quantitative estimate of drug-likeness (QED) is 0.895. The number of rotatable bonds is 2. The minimum atomic E-state index is -0.647. The Morgan fingerprint density at radius 3 is 2.74 bits per heavy atom. The summed E-state index contributed by atoms with van der Waals surface area (Å²) in [5.41, 5.74) is 1.27. The summed E-state index contributed by atoms with van der Waals surface area (Å²) in [7, 11) is 1.64. The highest BCUT2D eigenvalue weighted by Gasteiger charge is 2.14. The molecule has 0 bridgehead atoms. The first-order chi connectivity index (χ1) is 9.01. The van der Waals surface area contributed by atoms with Crippen molar-refractivity contribution in [3.05, 3.63) is 47.0 Å². The van der Waals surface area contributed by atoms with E-state index in [2.05, 4.69) is 10.4 Å². The Bertz CT molecular complexity index is 684. The molecule has 2 rings (SSSR count). The fourth-order valence-electron chi connectivity index (χ4n) is 1.70. The highest BCUT2D eigenvalue weighted by atomic mass is 19.1. The number of halogens is 1. The maximum atomic E-state index is 13.6. The Kier molecular flexibility index (Phi) is 3.29. The second kappa shape index (κ2) is 4.90. The summed E-state index contributed by atoms with van der Waals surface area (Å²) in [6, 6.07) is 7.30. The lowest BCUT2D eigenvalue weighted by molar-refractivity contribution is 0.101. The SMILES string of the molecule is Cc1cc(C(=O)Nc2ccc(C#N)cc2F)n(C)n1. The standard InChI is InChI=1S/C13H11FN4O/c1-8-5-12(18(2)17-8)13(19)16-11-4-3-9(7-15)6-10(11)14/h3-6H,1-2H3,(H,16,19). The highest BCUT2D eigenvalue weighted by Crippen LogP contribution is 2.16. The van der Waals surface area contributed by atoms with Crippen molar-refractivity contribution in [2.24, 2.45) is 7.05 Å². The Morgan fingerprint density at radius 2 is 2.21 bits per heavy atom. The molecule has 0 saturated carbocycles. The van der Waals surface area contributed by atoms with Crippen LogP contribution in [-0.4, -0.2) is 15.7 Å². The molecule has 0 aliphatic rings. The third kappa shape index (κ3) is 2.60. The number of aryl methyl sites for hydroxylation is 2. The van der Waals surface area contributed by atoms with Gasteiger partial charge in [0.1, 0.15) is 11.5 Å². The number of amides is 1. The predicted molar refractivity (Wildman–Crippen MR) is 67.0 cm³/mol. The van der Waals surface area contributed by atoms with Gasteiger partial charge in [-0.3, -0.25) is 9.48 Å². The topological polar surface area (TPSA) is 70.7 Å².